The first-order chi connectivity index (χ1) is 14.2. The van der Waals surface area contributed by atoms with Gasteiger partial charge in [0.25, 0.3) is 11.8 Å². The molecule has 2 aromatic rings. The molecule has 0 aromatic heterocycles. The van der Waals surface area contributed by atoms with Crippen LogP contribution in [0, 0.1) is 12.7 Å². The lowest BCUT2D eigenvalue weighted by Crippen LogP contribution is -2.29. The summed E-state index contributed by atoms with van der Waals surface area (Å²) in [6, 6.07) is 8.96. The highest BCUT2D eigenvalue weighted by atomic mass is 19.1. The molecule has 30 heavy (non-hydrogen) atoms. The van der Waals surface area contributed by atoms with Gasteiger partial charge in [-0.15, -0.1) is 0 Å². The molecule has 0 bridgehead atoms. The molecule has 1 heterocycles. The van der Waals surface area contributed by atoms with Crippen molar-refractivity contribution in [3.05, 3.63) is 88.0 Å². The lowest BCUT2D eigenvalue weighted by atomic mass is 9.97. The van der Waals surface area contributed by atoms with Crippen LogP contribution >= 0.6 is 0 Å². The molecule has 0 aliphatic carbocycles. The van der Waals surface area contributed by atoms with Crippen LogP contribution in [0.2, 0.25) is 0 Å². The minimum Gasteiger partial charge on any atom is -0.398 e. The van der Waals surface area contributed by atoms with Gasteiger partial charge in [-0.2, -0.15) is 0 Å². The summed E-state index contributed by atoms with van der Waals surface area (Å²) in [5.74, 6) is -1.59. The Morgan fingerprint density at radius 2 is 1.77 bits per heavy atom. The number of halogens is 1. The van der Waals surface area contributed by atoms with Gasteiger partial charge in [0.1, 0.15) is 11.6 Å². The van der Waals surface area contributed by atoms with Gasteiger partial charge in [0.2, 0.25) is 5.91 Å². The molecule has 1 aliphatic heterocycles. The number of rotatable bonds is 5. The zero-order chi connectivity index (χ0) is 22.0. The van der Waals surface area contributed by atoms with E-state index in [2.05, 4.69) is 5.32 Å². The van der Waals surface area contributed by atoms with Crippen LogP contribution in [-0.2, 0) is 11.2 Å². The number of nitrogens with zero attached hydrogens (tertiary/aromatic N) is 1. The monoisotopic (exact) mass is 408 g/mol. The minimum atomic E-state index is -0.444. The lowest BCUT2D eigenvalue weighted by Gasteiger charge is -2.09. The molecule has 0 radical (unpaired) electrons. The number of nitrogens with two attached hydrogens (primary N) is 2. The van der Waals surface area contributed by atoms with E-state index in [1.165, 1.54) is 43.5 Å². The van der Waals surface area contributed by atoms with Crippen molar-refractivity contribution in [2.45, 2.75) is 13.3 Å². The number of hydrogen-bond acceptors (Lipinski definition) is 5. The smallest absolute Gasteiger partial charge is 0.261 e. The fraction of sp³-hybridized carbons (Fsp3) is 0.136. The highest BCUT2D eigenvalue weighted by Gasteiger charge is 2.35. The summed E-state index contributed by atoms with van der Waals surface area (Å²) in [5, 5.41) is 2.52. The number of carbonyl (C=O) groups excluding carboxylic acids is 3. The van der Waals surface area contributed by atoms with Crippen LogP contribution < -0.4 is 16.8 Å². The van der Waals surface area contributed by atoms with Crippen molar-refractivity contribution >= 4 is 23.4 Å². The maximum absolute atomic E-state index is 13.0. The fourth-order valence-corrected chi connectivity index (χ4v) is 3.20. The van der Waals surface area contributed by atoms with Gasteiger partial charge in [-0.05, 0) is 54.0 Å². The van der Waals surface area contributed by atoms with Gasteiger partial charge in [0.05, 0.1) is 17.5 Å². The molecule has 0 saturated heterocycles. The molecule has 0 unspecified atom stereocenters. The second kappa shape index (κ2) is 8.20. The Balaban J connectivity index is 1.73. The lowest BCUT2D eigenvalue weighted by molar-refractivity contribution is -0.119. The number of amides is 3. The Morgan fingerprint density at radius 1 is 1.10 bits per heavy atom. The van der Waals surface area contributed by atoms with Crippen molar-refractivity contribution in [2.24, 2.45) is 11.5 Å². The molecule has 3 rings (SSSR count). The molecule has 8 heteroatoms. The summed E-state index contributed by atoms with van der Waals surface area (Å²) in [7, 11) is 1.41. The molecule has 154 valence electrons. The first-order valence-electron chi connectivity index (χ1n) is 9.12. The van der Waals surface area contributed by atoms with E-state index in [-0.39, 0.29) is 29.5 Å². The summed E-state index contributed by atoms with van der Waals surface area (Å²) in [6.07, 6.45) is 2.78. The van der Waals surface area contributed by atoms with E-state index in [1.54, 1.807) is 19.1 Å². The maximum atomic E-state index is 13.0. The molecule has 2 aromatic carbocycles. The highest BCUT2D eigenvalue weighted by molar-refractivity contribution is 6.22. The van der Waals surface area contributed by atoms with Gasteiger partial charge in [-0.1, -0.05) is 18.2 Å². The highest BCUT2D eigenvalue weighted by Crippen LogP contribution is 2.27. The van der Waals surface area contributed by atoms with Gasteiger partial charge in [-0.25, -0.2) is 4.39 Å². The van der Waals surface area contributed by atoms with Gasteiger partial charge >= 0.3 is 0 Å². The Bertz CT molecular complexity index is 1100. The quantitative estimate of drug-likeness (QED) is 0.515. The van der Waals surface area contributed by atoms with Crippen molar-refractivity contribution in [3.63, 3.8) is 0 Å². The molecule has 3 amide bonds. The van der Waals surface area contributed by atoms with Crippen molar-refractivity contribution in [3.8, 4) is 0 Å². The molecule has 0 atom stereocenters. The third kappa shape index (κ3) is 4.22. The van der Waals surface area contributed by atoms with Crippen LogP contribution in [0.15, 0.2) is 54.4 Å². The molecule has 0 spiro atoms. The van der Waals surface area contributed by atoms with E-state index < -0.39 is 11.8 Å². The van der Waals surface area contributed by atoms with Crippen LogP contribution in [-0.4, -0.2) is 29.7 Å². The number of nitrogens with one attached hydrogen (secondary N) is 1. The van der Waals surface area contributed by atoms with E-state index in [4.69, 9.17) is 11.5 Å². The largest absolute Gasteiger partial charge is 0.398 e. The van der Waals surface area contributed by atoms with Gasteiger partial charge in [-0.3, -0.25) is 19.3 Å². The predicted octanol–water partition coefficient (Wildman–Crippen LogP) is 1.82. The standard InChI is InChI=1S/C22H21FN4O3/c1-12-9-14(20-16(10-12)21(29)27(2)22(20)30)11-19(28)26-18(25)8-7-17(24)13-3-5-15(23)6-4-13/h3-10H,11,24-25H2,1-2H3,(H,26,28)/b17-7-,18-8+. The molecular formula is C22H21FN4O3. The fourth-order valence-electron chi connectivity index (χ4n) is 3.20. The number of allylic oxidation sites excluding steroid dienone is 2. The number of fused-ring (bicyclic) bond motifs is 1. The van der Waals surface area contributed by atoms with Crippen molar-refractivity contribution in [1.29, 1.82) is 0 Å². The first kappa shape index (κ1) is 20.8. The summed E-state index contributed by atoms with van der Waals surface area (Å²) < 4.78 is 13.0. The Kier molecular flexibility index (Phi) is 5.68. The van der Waals surface area contributed by atoms with Gasteiger partial charge in [0.15, 0.2) is 0 Å². The number of benzene rings is 2. The number of carbonyl (C=O) groups is 3. The van der Waals surface area contributed by atoms with Crippen LogP contribution in [0.5, 0.6) is 0 Å². The topological polar surface area (TPSA) is 119 Å². The molecule has 0 saturated carbocycles. The van der Waals surface area contributed by atoms with Gasteiger partial charge in [0, 0.05) is 12.7 Å². The van der Waals surface area contributed by atoms with Crippen LogP contribution in [0.1, 0.15) is 37.4 Å². The molecular weight excluding hydrogens is 387 g/mol. The third-order valence-corrected chi connectivity index (χ3v) is 4.67. The van der Waals surface area contributed by atoms with Crippen molar-refractivity contribution in [2.75, 3.05) is 7.05 Å². The Hall–Kier alpha value is -3.94. The van der Waals surface area contributed by atoms with Gasteiger partial charge < -0.3 is 16.8 Å². The summed E-state index contributed by atoms with van der Waals surface area (Å²) in [6.45, 7) is 1.79. The molecule has 1 aliphatic rings. The first-order valence-corrected chi connectivity index (χ1v) is 9.12. The molecule has 5 N–H and O–H groups in total. The van der Waals surface area contributed by atoms with E-state index >= 15 is 0 Å². The second-order valence-electron chi connectivity index (χ2n) is 6.99. The normalized spacial score (nSPS) is 14.2. The van der Waals surface area contributed by atoms with E-state index in [1.807, 2.05) is 0 Å². The summed E-state index contributed by atoms with van der Waals surface area (Å²) >= 11 is 0. The summed E-state index contributed by atoms with van der Waals surface area (Å²) in [4.78, 5) is 38.0. The Morgan fingerprint density at radius 3 is 2.43 bits per heavy atom. The van der Waals surface area contributed by atoms with Crippen LogP contribution in [0.4, 0.5) is 4.39 Å². The zero-order valence-corrected chi connectivity index (χ0v) is 16.5. The number of aryl methyl sites for hydroxylation is 1. The van der Waals surface area contributed by atoms with E-state index in [0.717, 1.165) is 10.5 Å². The van der Waals surface area contributed by atoms with Crippen LogP contribution in [0.3, 0.4) is 0 Å². The summed E-state index contributed by atoms with van der Waals surface area (Å²) in [5.41, 5.74) is 14.5. The zero-order valence-electron chi connectivity index (χ0n) is 16.5. The van der Waals surface area contributed by atoms with Crippen molar-refractivity contribution < 1.29 is 18.8 Å². The second-order valence-corrected chi connectivity index (χ2v) is 6.99. The van der Waals surface area contributed by atoms with E-state index in [9.17, 15) is 18.8 Å². The SMILES string of the molecule is Cc1cc(CC(=O)N/C(N)=C/C=C(\N)c2ccc(F)cc2)c2c(c1)C(=O)N(C)C2=O. The average Bonchev–Trinajstić information content (AvgIpc) is 2.90. The molecule has 0 fully saturated rings. The number of imide groups is 1. The van der Waals surface area contributed by atoms with Crippen molar-refractivity contribution in [1.82, 2.24) is 10.2 Å². The number of hydrogen-bond donors (Lipinski definition) is 3. The minimum absolute atomic E-state index is 0.0499. The van der Waals surface area contributed by atoms with E-state index in [0.29, 0.717) is 22.4 Å². The molecule has 7 nitrogen and oxygen atoms in total. The van der Waals surface area contributed by atoms with Crippen LogP contribution in [0.25, 0.3) is 5.70 Å². The third-order valence-electron chi connectivity index (χ3n) is 4.67. The average molecular weight is 408 g/mol. The predicted molar refractivity (Wildman–Crippen MR) is 110 cm³/mol. The Labute approximate surface area is 172 Å². The maximum Gasteiger partial charge on any atom is 0.261 e.